The fourth-order valence-electron chi connectivity index (χ4n) is 3.11. The Morgan fingerprint density at radius 3 is 2.37 bits per heavy atom. The highest BCUT2D eigenvalue weighted by atomic mass is 16.6. The number of ether oxygens (including phenoxy) is 3. The van der Waals surface area contributed by atoms with Gasteiger partial charge in [0.15, 0.2) is 11.5 Å². The molecule has 0 atom stereocenters. The first-order valence-electron chi connectivity index (χ1n) is 9.89. The Bertz CT molecular complexity index is 801. The summed E-state index contributed by atoms with van der Waals surface area (Å²) in [6.45, 7) is 7.80. The molecule has 2 N–H and O–H groups in total. The average Bonchev–Trinajstić information content (AvgIpc) is 2.70. The van der Waals surface area contributed by atoms with Crippen molar-refractivity contribution in [3.63, 3.8) is 0 Å². The highest BCUT2D eigenvalue weighted by molar-refractivity contribution is 6.39. The molecule has 1 fully saturated rings. The molecule has 30 heavy (non-hydrogen) atoms. The molecule has 0 aliphatic carbocycles. The molecule has 1 aromatic carbocycles. The molecule has 164 valence electrons. The van der Waals surface area contributed by atoms with Gasteiger partial charge < -0.3 is 24.8 Å². The van der Waals surface area contributed by atoms with Gasteiger partial charge in [0.2, 0.25) is 5.91 Å². The highest BCUT2D eigenvalue weighted by Crippen LogP contribution is 2.32. The van der Waals surface area contributed by atoms with E-state index in [0.29, 0.717) is 56.7 Å². The van der Waals surface area contributed by atoms with Crippen LogP contribution in [0.1, 0.15) is 20.8 Å². The van der Waals surface area contributed by atoms with Crippen molar-refractivity contribution in [1.82, 2.24) is 15.3 Å². The number of amides is 3. The summed E-state index contributed by atoms with van der Waals surface area (Å²) in [5.74, 6) is -0.937. The summed E-state index contributed by atoms with van der Waals surface area (Å²) in [5, 5.41) is 8.23. The Labute approximate surface area is 175 Å². The second-order valence-corrected chi connectivity index (χ2v) is 8.04. The van der Waals surface area contributed by atoms with Crippen LogP contribution in [0.15, 0.2) is 18.2 Å². The predicted octanol–water partition coefficient (Wildman–Crippen LogP) is 0.387. The maximum Gasteiger partial charge on any atom is 0.327 e. The number of carbonyl (C=O) groups is 3. The Morgan fingerprint density at radius 2 is 1.70 bits per heavy atom. The molecular weight excluding hydrogens is 392 g/mol. The van der Waals surface area contributed by atoms with E-state index < -0.39 is 17.4 Å². The van der Waals surface area contributed by atoms with Crippen LogP contribution in [0.25, 0.3) is 0 Å². The second kappa shape index (κ2) is 9.31. The Balaban J connectivity index is 1.70. The number of hydrogen-bond donors (Lipinski definition) is 2. The summed E-state index contributed by atoms with van der Waals surface area (Å²) >= 11 is 0. The zero-order valence-electron chi connectivity index (χ0n) is 17.5. The molecule has 2 aliphatic heterocycles. The van der Waals surface area contributed by atoms with Gasteiger partial charge in [0.25, 0.3) is 0 Å². The first kappa shape index (κ1) is 21.8. The lowest BCUT2D eigenvalue weighted by Crippen LogP contribution is -2.58. The lowest BCUT2D eigenvalue weighted by Gasteiger charge is -2.36. The molecule has 2 heterocycles. The van der Waals surface area contributed by atoms with Crippen molar-refractivity contribution < 1.29 is 28.6 Å². The van der Waals surface area contributed by atoms with E-state index in [0.717, 1.165) is 0 Å². The topological polar surface area (TPSA) is 109 Å². The van der Waals surface area contributed by atoms with Gasteiger partial charge >= 0.3 is 11.8 Å². The van der Waals surface area contributed by atoms with Crippen LogP contribution in [-0.2, 0) is 19.1 Å². The number of nitrogens with zero attached hydrogens (tertiary/aromatic N) is 2. The van der Waals surface area contributed by atoms with Crippen LogP contribution in [0, 0.1) is 0 Å². The fraction of sp³-hybridized carbons (Fsp3) is 0.550. The van der Waals surface area contributed by atoms with Crippen LogP contribution < -0.4 is 20.1 Å². The number of hydrogen-bond acceptors (Lipinski definition) is 7. The summed E-state index contributed by atoms with van der Waals surface area (Å²) in [4.78, 5) is 38.0. The Morgan fingerprint density at radius 1 is 1.03 bits per heavy atom. The van der Waals surface area contributed by atoms with Crippen molar-refractivity contribution in [1.29, 1.82) is 0 Å². The molecule has 10 nitrogen and oxygen atoms in total. The number of rotatable bonds is 4. The van der Waals surface area contributed by atoms with E-state index in [1.807, 2.05) is 20.8 Å². The van der Waals surface area contributed by atoms with Crippen molar-refractivity contribution in [3.05, 3.63) is 18.2 Å². The SMILES string of the molecule is CC(C)(C)NC(=O)CN(C(=O)C(=O)Nc1ccc2c(c1)OCCO2)N1CCOCC1. The number of nitrogens with one attached hydrogen (secondary N) is 2. The number of hydrazine groups is 1. The van der Waals surface area contributed by atoms with E-state index in [1.54, 1.807) is 23.2 Å². The number of benzene rings is 1. The van der Waals surface area contributed by atoms with E-state index in [4.69, 9.17) is 14.2 Å². The average molecular weight is 420 g/mol. The van der Waals surface area contributed by atoms with Gasteiger partial charge in [0.1, 0.15) is 19.8 Å². The Kier molecular flexibility index (Phi) is 6.78. The van der Waals surface area contributed by atoms with Gasteiger partial charge in [-0.25, -0.2) is 5.01 Å². The van der Waals surface area contributed by atoms with Gasteiger partial charge in [-0.3, -0.25) is 19.4 Å². The minimum Gasteiger partial charge on any atom is -0.486 e. The first-order valence-corrected chi connectivity index (χ1v) is 9.89. The minimum atomic E-state index is -0.846. The number of carbonyl (C=O) groups excluding carboxylic acids is 3. The molecule has 3 amide bonds. The third-order valence-corrected chi connectivity index (χ3v) is 4.37. The third kappa shape index (κ3) is 5.83. The molecule has 0 unspecified atom stereocenters. The van der Waals surface area contributed by atoms with E-state index in [9.17, 15) is 14.4 Å². The molecule has 0 bridgehead atoms. The summed E-state index contributed by atoms with van der Waals surface area (Å²) < 4.78 is 16.3. The van der Waals surface area contributed by atoms with Crippen molar-refractivity contribution in [2.24, 2.45) is 0 Å². The highest BCUT2D eigenvalue weighted by Gasteiger charge is 2.31. The lowest BCUT2D eigenvalue weighted by atomic mass is 10.1. The van der Waals surface area contributed by atoms with Gasteiger partial charge in [-0.2, -0.15) is 0 Å². The van der Waals surface area contributed by atoms with Crippen LogP contribution in [0.4, 0.5) is 5.69 Å². The van der Waals surface area contributed by atoms with Crippen LogP contribution in [0.2, 0.25) is 0 Å². The first-order chi connectivity index (χ1) is 14.2. The van der Waals surface area contributed by atoms with Crippen LogP contribution in [0.3, 0.4) is 0 Å². The van der Waals surface area contributed by atoms with Crippen molar-refractivity contribution in [3.8, 4) is 11.5 Å². The normalized spacial score (nSPS) is 16.5. The monoisotopic (exact) mass is 420 g/mol. The minimum absolute atomic E-state index is 0.259. The third-order valence-electron chi connectivity index (χ3n) is 4.37. The predicted molar refractivity (Wildman–Crippen MR) is 108 cm³/mol. The molecule has 0 spiro atoms. The molecule has 3 rings (SSSR count). The lowest BCUT2D eigenvalue weighted by molar-refractivity contribution is -0.165. The molecule has 10 heteroatoms. The van der Waals surface area contributed by atoms with Gasteiger partial charge in [-0.1, -0.05) is 0 Å². The smallest absolute Gasteiger partial charge is 0.327 e. The Hall–Kier alpha value is -2.85. The standard InChI is InChI=1S/C20H28N4O6/c1-20(2,3)22-17(25)13-24(23-6-8-28-9-7-23)19(27)18(26)21-14-4-5-15-16(12-14)30-11-10-29-15/h4-5,12H,6-11,13H2,1-3H3,(H,21,26)(H,22,25). The second-order valence-electron chi connectivity index (χ2n) is 8.04. The zero-order valence-corrected chi connectivity index (χ0v) is 17.5. The van der Waals surface area contributed by atoms with E-state index in [-0.39, 0.29) is 12.5 Å². The fourth-order valence-corrected chi connectivity index (χ4v) is 3.11. The van der Waals surface area contributed by atoms with Crippen LogP contribution in [0.5, 0.6) is 11.5 Å². The molecular formula is C20H28N4O6. The van der Waals surface area contributed by atoms with E-state index in [2.05, 4.69) is 10.6 Å². The van der Waals surface area contributed by atoms with E-state index in [1.165, 1.54) is 5.01 Å². The quantitative estimate of drug-likeness (QED) is 0.678. The number of anilines is 1. The molecule has 1 aromatic rings. The summed E-state index contributed by atoms with van der Waals surface area (Å²) in [6.07, 6.45) is 0. The largest absolute Gasteiger partial charge is 0.486 e. The van der Waals surface area contributed by atoms with Gasteiger partial charge in [0.05, 0.1) is 13.2 Å². The maximum atomic E-state index is 12.9. The molecule has 0 aromatic heterocycles. The number of fused-ring (bicyclic) bond motifs is 1. The maximum absolute atomic E-state index is 12.9. The van der Waals surface area contributed by atoms with Crippen molar-refractivity contribution in [2.75, 3.05) is 51.4 Å². The summed E-state index contributed by atoms with van der Waals surface area (Å²) in [7, 11) is 0. The molecule has 0 saturated carbocycles. The summed E-state index contributed by atoms with van der Waals surface area (Å²) in [6, 6.07) is 4.90. The molecule has 2 aliphatic rings. The van der Waals surface area contributed by atoms with Gasteiger partial charge in [-0.15, -0.1) is 0 Å². The molecule has 1 saturated heterocycles. The van der Waals surface area contributed by atoms with Gasteiger partial charge in [-0.05, 0) is 32.9 Å². The molecule has 0 radical (unpaired) electrons. The number of morpholine rings is 1. The van der Waals surface area contributed by atoms with Gasteiger partial charge in [0, 0.05) is 30.4 Å². The van der Waals surface area contributed by atoms with Crippen molar-refractivity contribution in [2.45, 2.75) is 26.3 Å². The van der Waals surface area contributed by atoms with Crippen LogP contribution >= 0.6 is 0 Å². The zero-order chi connectivity index (χ0) is 21.7. The summed E-state index contributed by atoms with van der Waals surface area (Å²) in [5.41, 5.74) is -0.0525. The van der Waals surface area contributed by atoms with E-state index >= 15 is 0 Å². The van der Waals surface area contributed by atoms with Crippen LogP contribution in [-0.4, -0.2) is 79.3 Å². The van der Waals surface area contributed by atoms with Crippen molar-refractivity contribution >= 4 is 23.4 Å².